The van der Waals surface area contributed by atoms with E-state index in [1.54, 1.807) is 6.20 Å². The zero-order chi connectivity index (χ0) is 19.0. The third-order valence-corrected chi connectivity index (χ3v) is 4.78. The molecular formula is C17H23N9O. The molecule has 3 aromatic rings. The Balaban J connectivity index is 1.35. The number of anilines is 2. The Hall–Kier alpha value is -3.04. The Kier molecular flexibility index (Phi) is 4.25. The minimum atomic E-state index is -0.109. The van der Waals surface area contributed by atoms with E-state index in [1.165, 1.54) is 4.63 Å². The molecule has 4 rings (SSSR count). The molecule has 0 bridgehead atoms. The number of nitrogens with one attached hydrogen (secondary N) is 1. The van der Waals surface area contributed by atoms with Crippen LogP contribution in [0.25, 0.3) is 5.65 Å². The van der Waals surface area contributed by atoms with Gasteiger partial charge in [-0.25, -0.2) is 0 Å². The summed E-state index contributed by atoms with van der Waals surface area (Å²) in [5.41, 5.74) is 1.24. The Morgan fingerprint density at radius 2 is 2.00 bits per heavy atom. The molecule has 27 heavy (non-hydrogen) atoms. The van der Waals surface area contributed by atoms with Crippen molar-refractivity contribution in [1.29, 1.82) is 0 Å². The highest BCUT2D eigenvalue weighted by molar-refractivity contribution is 5.92. The molecule has 1 saturated heterocycles. The van der Waals surface area contributed by atoms with Crippen molar-refractivity contribution in [1.82, 2.24) is 35.0 Å². The van der Waals surface area contributed by atoms with E-state index in [9.17, 15) is 4.79 Å². The van der Waals surface area contributed by atoms with Crippen molar-refractivity contribution in [3.8, 4) is 0 Å². The number of tetrazole rings is 1. The average molecular weight is 369 g/mol. The lowest BCUT2D eigenvalue weighted by molar-refractivity contribution is -0.120. The van der Waals surface area contributed by atoms with Crippen LogP contribution in [0.1, 0.15) is 33.6 Å². The topological polar surface area (TPSA) is 106 Å². The number of fused-ring (bicyclic) bond motifs is 1. The number of hydrogen-bond donors (Lipinski definition) is 1. The smallest absolute Gasteiger partial charge is 0.227 e. The molecule has 1 amide bonds. The molecule has 0 unspecified atom stereocenters. The molecule has 3 aromatic heterocycles. The highest BCUT2D eigenvalue weighted by atomic mass is 16.1. The maximum atomic E-state index is 12.6. The molecule has 0 aliphatic carbocycles. The molecule has 0 radical (unpaired) electrons. The summed E-state index contributed by atoms with van der Waals surface area (Å²) in [7, 11) is 0. The molecule has 0 spiro atoms. The van der Waals surface area contributed by atoms with Crippen molar-refractivity contribution in [2.75, 3.05) is 23.3 Å². The number of nitrogens with zero attached hydrogens (tertiary/aromatic N) is 8. The first-order valence-electron chi connectivity index (χ1n) is 9.06. The van der Waals surface area contributed by atoms with Gasteiger partial charge in [0.05, 0.1) is 17.4 Å². The van der Waals surface area contributed by atoms with Crippen LogP contribution in [0.4, 0.5) is 11.5 Å². The van der Waals surface area contributed by atoms with Gasteiger partial charge in [0, 0.05) is 25.2 Å². The van der Waals surface area contributed by atoms with Crippen molar-refractivity contribution in [2.24, 2.45) is 5.92 Å². The first-order chi connectivity index (χ1) is 12.9. The SMILES string of the molecule is CC(C)(C)n1cc(NC(=O)C2CCN(c3ccc4nnnn4n3)CC2)cn1. The fourth-order valence-corrected chi connectivity index (χ4v) is 3.18. The van der Waals surface area contributed by atoms with Crippen LogP contribution in [0.3, 0.4) is 0 Å². The van der Waals surface area contributed by atoms with E-state index in [2.05, 4.69) is 56.7 Å². The van der Waals surface area contributed by atoms with E-state index in [0.717, 1.165) is 37.4 Å². The fraction of sp³-hybridized carbons (Fsp3) is 0.529. The highest BCUT2D eigenvalue weighted by Gasteiger charge is 2.26. The van der Waals surface area contributed by atoms with Crippen LogP contribution in [-0.2, 0) is 10.3 Å². The zero-order valence-electron chi connectivity index (χ0n) is 15.7. The van der Waals surface area contributed by atoms with Crippen molar-refractivity contribution in [2.45, 2.75) is 39.2 Å². The van der Waals surface area contributed by atoms with Gasteiger partial charge in [-0.05, 0) is 56.2 Å². The second-order valence-electron chi connectivity index (χ2n) is 7.81. The maximum absolute atomic E-state index is 12.6. The first kappa shape index (κ1) is 17.4. The van der Waals surface area contributed by atoms with Gasteiger partial charge < -0.3 is 10.2 Å². The number of hydrogen-bond acceptors (Lipinski definition) is 7. The van der Waals surface area contributed by atoms with Crippen molar-refractivity contribution in [3.05, 3.63) is 24.5 Å². The molecule has 1 N–H and O–H groups in total. The molecule has 4 heterocycles. The normalized spacial score (nSPS) is 16.0. The first-order valence-corrected chi connectivity index (χ1v) is 9.06. The molecule has 142 valence electrons. The van der Waals surface area contributed by atoms with E-state index in [0.29, 0.717) is 5.65 Å². The molecule has 0 saturated carbocycles. The quantitative estimate of drug-likeness (QED) is 0.742. The van der Waals surface area contributed by atoms with E-state index in [-0.39, 0.29) is 17.4 Å². The van der Waals surface area contributed by atoms with Gasteiger partial charge in [-0.2, -0.15) is 5.10 Å². The number of aromatic nitrogens is 7. The van der Waals surface area contributed by atoms with Crippen molar-refractivity contribution < 1.29 is 4.79 Å². The van der Waals surface area contributed by atoms with Crippen LogP contribution in [0.5, 0.6) is 0 Å². The summed E-state index contributed by atoms with van der Waals surface area (Å²) < 4.78 is 3.27. The van der Waals surface area contributed by atoms with Gasteiger partial charge >= 0.3 is 0 Å². The Morgan fingerprint density at radius 3 is 2.70 bits per heavy atom. The number of amides is 1. The average Bonchev–Trinajstić information content (AvgIpc) is 3.30. The summed E-state index contributed by atoms with van der Waals surface area (Å²) >= 11 is 0. The van der Waals surface area contributed by atoms with Gasteiger partial charge in [0.25, 0.3) is 0 Å². The van der Waals surface area contributed by atoms with E-state index in [1.807, 2.05) is 23.0 Å². The molecule has 10 heteroatoms. The van der Waals surface area contributed by atoms with Crippen molar-refractivity contribution in [3.63, 3.8) is 0 Å². The minimum Gasteiger partial charge on any atom is -0.355 e. The Labute approximate surface area is 156 Å². The monoisotopic (exact) mass is 369 g/mol. The lowest BCUT2D eigenvalue weighted by Gasteiger charge is -2.31. The van der Waals surface area contributed by atoms with E-state index < -0.39 is 0 Å². The van der Waals surface area contributed by atoms with Gasteiger partial charge in [0.2, 0.25) is 5.91 Å². The molecule has 10 nitrogen and oxygen atoms in total. The van der Waals surface area contributed by atoms with E-state index >= 15 is 0 Å². The second-order valence-corrected chi connectivity index (χ2v) is 7.81. The van der Waals surface area contributed by atoms with Crippen LogP contribution in [0, 0.1) is 5.92 Å². The molecular weight excluding hydrogens is 346 g/mol. The van der Waals surface area contributed by atoms with Crippen LogP contribution < -0.4 is 10.2 Å². The summed E-state index contributed by atoms with van der Waals surface area (Å²) in [5, 5.41) is 23.0. The molecule has 0 aromatic carbocycles. The summed E-state index contributed by atoms with van der Waals surface area (Å²) in [6.45, 7) is 7.74. The predicted molar refractivity (Wildman–Crippen MR) is 99.4 cm³/mol. The highest BCUT2D eigenvalue weighted by Crippen LogP contribution is 2.23. The summed E-state index contributed by atoms with van der Waals surface area (Å²) in [5.74, 6) is 0.850. The molecule has 1 fully saturated rings. The molecule has 1 aliphatic rings. The van der Waals surface area contributed by atoms with Gasteiger partial charge in [-0.1, -0.05) is 0 Å². The van der Waals surface area contributed by atoms with Crippen LogP contribution in [0.15, 0.2) is 24.5 Å². The summed E-state index contributed by atoms with van der Waals surface area (Å²) in [6.07, 6.45) is 5.12. The van der Waals surface area contributed by atoms with Crippen LogP contribution in [-0.4, -0.2) is 54.0 Å². The third-order valence-electron chi connectivity index (χ3n) is 4.78. The Morgan fingerprint density at radius 1 is 1.22 bits per heavy atom. The summed E-state index contributed by atoms with van der Waals surface area (Å²) in [4.78, 5) is 14.8. The summed E-state index contributed by atoms with van der Waals surface area (Å²) in [6, 6.07) is 3.75. The van der Waals surface area contributed by atoms with Crippen molar-refractivity contribution >= 4 is 23.1 Å². The second kappa shape index (κ2) is 6.60. The minimum absolute atomic E-state index is 0.0176. The standard InChI is InChI=1S/C17H23N9O/c1-17(2,3)25-11-13(10-18-25)19-16(27)12-6-8-24(9-7-12)15-5-4-14-20-22-23-26(14)21-15/h4-5,10-12H,6-9H2,1-3H3,(H,19,27). The van der Waals surface area contributed by atoms with Gasteiger partial charge in [-0.15, -0.1) is 14.8 Å². The lowest BCUT2D eigenvalue weighted by Crippen LogP contribution is -2.38. The largest absolute Gasteiger partial charge is 0.355 e. The number of rotatable bonds is 3. The van der Waals surface area contributed by atoms with Gasteiger partial charge in [0.15, 0.2) is 11.5 Å². The van der Waals surface area contributed by atoms with Gasteiger partial charge in [0.1, 0.15) is 0 Å². The number of carbonyl (C=O) groups excluding carboxylic acids is 1. The number of piperidine rings is 1. The Bertz CT molecular complexity index is 947. The lowest BCUT2D eigenvalue weighted by atomic mass is 9.96. The predicted octanol–water partition coefficient (Wildman–Crippen LogP) is 1.33. The maximum Gasteiger partial charge on any atom is 0.227 e. The third kappa shape index (κ3) is 3.60. The zero-order valence-corrected chi connectivity index (χ0v) is 15.7. The molecule has 1 aliphatic heterocycles. The molecule has 0 atom stereocenters. The van der Waals surface area contributed by atoms with E-state index in [4.69, 9.17) is 0 Å². The fourth-order valence-electron chi connectivity index (χ4n) is 3.18. The number of carbonyl (C=O) groups is 1. The van der Waals surface area contributed by atoms with Gasteiger partial charge in [-0.3, -0.25) is 9.48 Å². The van der Waals surface area contributed by atoms with Crippen LogP contribution >= 0.6 is 0 Å². The van der Waals surface area contributed by atoms with Crippen LogP contribution in [0.2, 0.25) is 0 Å².